The number of rotatable bonds is 4. The van der Waals surface area contributed by atoms with Gasteiger partial charge in [0.25, 0.3) is 0 Å². The average molecular weight is 303 g/mol. The van der Waals surface area contributed by atoms with E-state index in [9.17, 15) is 13.2 Å². The maximum Gasteiger partial charge on any atom is 0.239 e. The number of hydrogen-bond donors (Lipinski definition) is 2. The van der Waals surface area contributed by atoms with Gasteiger partial charge in [-0.05, 0) is 26.7 Å². The fourth-order valence-electron chi connectivity index (χ4n) is 2.88. The molecule has 0 radical (unpaired) electrons. The van der Waals surface area contributed by atoms with E-state index in [1.54, 1.807) is 0 Å². The predicted molar refractivity (Wildman–Crippen MR) is 78.3 cm³/mol. The van der Waals surface area contributed by atoms with E-state index in [1.807, 2.05) is 13.8 Å². The Hall–Kier alpha value is -0.660. The molecule has 2 N–H and O–H groups in total. The minimum Gasteiger partial charge on any atom is -0.353 e. The Morgan fingerprint density at radius 3 is 2.55 bits per heavy atom. The molecule has 2 heterocycles. The second-order valence-corrected chi connectivity index (χ2v) is 8.54. The minimum absolute atomic E-state index is 0.0819. The van der Waals surface area contributed by atoms with Crippen LogP contribution in [0.5, 0.6) is 0 Å². The molecule has 0 aliphatic carbocycles. The minimum atomic E-state index is -2.99. The molecule has 1 atom stereocenters. The zero-order chi connectivity index (χ0) is 14.8. The van der Waals surface area contributed by atoms with Gasteiger partial charge in [0.1, 0.15) is 0 Å². The fraction of sp³-hybridized carbons (Fsp3) is 0.923. The summed E-state index contributed by atoms with van der Waals surface area (Å²) in [6.45, 7) is 7.48. The molecule has 2 rings (SSSR count). The van der Waals surface area contributed by atoms with E-state index in [2.05, 4.69) is 15.5 Å². The molecule has 6 nitrogen and oxygen atoms in total. The normalized spacial score (nSPS) is 27.4. The summed E-state index contributed by atoms with van der Waals surface area (Å²) >= 11 is 0. The molecular formula is C13H25N3O3S. The van der Waals surface area contributed by atoms with Crippen molar-refractivity contribution in [3.8, 4) is 0 Å². The molecule has 20 heavy (non-hydrogen) atoms. The third-order valence-corrected chi connectivity index (χ3v) is 6.69. The number of amides is 1. The third-order valence-electron chi connectivity index (χ3n) is 4.42. The number of carbonyl (C=O) groups excluding carboxylic acids is 1. The molecular weight excluding hydrogens is 278 g/mol. The average Bonchev–Trinajstić information content (AvgIpc) is 2.76. The van der Waals surface area contributed by atoms with Gasteiger partial charge in [-0.3, -0.25) is 9.69 Å². The lowest BCUT2D eigenvalue weighted by Crippen LogP contribution is -2.60. The van der Waals surface area contributed by atoms with Gasteiger partial charge in [0, 0.05) is 32.7 Å². The Bertz CT molecular complexity index is 455. The van der Waals surface area contributed by atoms with Gasteiger partial charge in [0.2, 0.25) is 5.91 Å². The molecule has 2 aliphatic heterocycles. The summed E-state index contributed by atoms with van der Waals surface area (Å²) in [4.78, 5) is 14.5. The Kier molecular flexibility index (Phi) is 4.71. The van der Waals surface area contributed by atoms with Gasteiger partial charge < -0.3 is 10.6 Å². The Balaban J connectivity index is 1.90. The van der Waals surface area contributed by atoms with Gasteiger partial charge in [-0.25, -0.2) is 8.42 Å². The van der Waals surface area contributed by atoms with E-state index in [1.165, 1.54) is 0 Å². The van der Waals surface area contributed by atoms with Crippen LogP contribution in [0.25, 0.3) is 0 Å². The summed E-state index contributed by atoms with van der Waals surface area (Å²) in [6, 6.07) is 0. The van der Waals surface area contributed by atoms with Crippen molar-refractivity contribution in [2.45, 2.75) is 37.5 Å². The summed E-state index contributed by atoms with van der Waals surface area (Å²) in [6.07, 6.45) is 1.38. The highest BCUT2D eigenvalue weighted by atomic mass is 32.2. The van der Waals surface area contributed by atoms with Crippen LogP contribution in [0, 0.1) is 0 Å². The van der Waals surface area contributed by atoms with Crippen molar-refractivity contribution in [3.63, 3.8) is 0 Å². The van der Waals surface area contributed by atoms with Crippen molar-refractivity contribution >= 4 is 15.7 Å². The van der Waals surface area contributed by atoms with Gasteiger partial charge in [-0.15, -0.1) is 0 Å². The van der Waals surface area contributed by atoms with Gasteiger partial charge in [-0.1, -0.05) is 0 Å². The maximum absolute atomic E-state index is 12.4. The maximum atomic E-state index is 12.4. The lowest BCUT2D eigenvalue weighted by atomic mass is 10.0. The highest BCUT2D eigenvalue weighted by molar-refractivity contribution is 7.92. The first kappa shape index (κ1) is 15.7. The van der Waals surface area contributed by atoms with Crippen LogP contribution in [0.1, 0.15) is 26.7 Å². The number of piperazine rings is 1. The molecule has 0 aromatic carbocycles. The first-order valence-electron chi connectivity index (χ1n) is 7.30. The largest absolute Gasteiger partial charge is 0.353 e. The smallest absolute Gasteiger partial charge is 0.239 e. The van der Waals surface area contributed by atoms with Crippen LogP contribution in [0.2, 0.25) is 0 Å². The van der Waals surface area contributed by atoms with Crippen molar-refractivity contribution in [1.82, 2.24) is 15.5 Å². The van der Waals surface area contributed by atoms with Crippen LogP contribution in [0.3, 0.4) is 0 Å². The lowest BCUT2D eigenvalue weighted by molar-refractivity contribution is -0.132. The summed E-state index contributed by atoms with van der Waals surface area (Å²) in [5.74, 6) is 0.177. The third kappa shape index (κ3) is 3.32. The number of hydrogen-bond acceptors (Lipinski definition) is 5. The summed E-state index contributed by atoms with van der Waals surface area (Å²) in [5, 5.41) is 5.70. The lowest BCUT2D eigenvalue weighted by Gasteiger charge is -2.39. The van der Waals surface area contributed by atoms with E-state index >= 15 is 0 Å². The molecule has 2 fully saturated rings. The van der Waals surface area contributed by atoms with Gasteiger partial charge in [-0.2, -0.15) is 0 Å². The summed E-state index contributed by atoms with van der Waals surface area (Å²) in [5.41, 5.74) is -0.593. The first-order chi connectivity index (χ1) is 9.34. The van der Waals surface area contributed by atoms with Crippen molar-refractivity contribution < 1.29 is 13.2 Å². The van der Waals surface area contributed by atoms with Gasteiger partial charge in [0.15, 0.2) is 9.84 Å². The van der Waals surface area contributed by atoms with E-state index in [0.717, 1.165) is 26.2 Å². The molecule has 0 spiro atoms. The molecule has 2 aliphatic rings. The van der Waals surface area contributed by atoms with Crippen LogP contribution in [-0.2, 0) is 14.6 Å². The second-order valence-electron chi connectivity index (χ2n) is 6.14. The number of carbonyl (C=O) groups is 1. The molecule has 1 unspecified atom stereocenters. The molecule has 0 aromatic heterocycles. The summed E-state index contributed by atoms with van der Waals surface area (Å²) in [7, 11) is -2.99. The number of nitrogens with one attached hydrogen (secondary N) is 2. The molecule has 0 saturated carbocycles. The second kappa shape index (κ2) is 5.99. The van der Waals surface area contributed by atoms with Crippen LogP contribution >= 0.6 is 0 Å². The quantitative estimate of drug-likeness (QED) is 0.722. The highest BCUT2D eigenvalue weighted by Crippen LogP contribution is 2.20. The number of nitrogens with zero attached hydrogens (tertiary/aromatic N) is 1. The molecule has 116 valence electrons. The molecule has 1 amide bonds. The topological polar surface area (TPSA) is 78.5 Å². The van der Waals surface area contributed by atoms with E-state index in [0.29, 0.717) is 12.8 Å². The molecule has 2 saturated heterocycles. The number of sulfone groups is 1. The van der Waals surface area contributed by atoms with Gasteiger partial charge in [0.05, 0.1) is 16.5 Å². The van der Waals surface area contributed by atoms with Crippen LogP contribution in [-0.4, -0.2) is 68.5 Å². The zero-order valence-electron chi connectivity index (χ0n) is 12.3. The first-order valence-corrected chi connectivity index (χ1v) is 9.01. The van der Waals surface area contributed by atoms with Crippen molar-refractivity contribution in [3.05, 3.63) is 0 Å². The van der Waals surface area contributed by atoms with Crippen LogP contribution in [0.15, 0.2) is 0 Å². The molecule has 0 bridgehead atoms. The Morgan fingerprint density at radius 2 is 2.00 bits per heavy atom. The van der Waals surface area contributed by atoms with E-state index in [4.69, 9.17) is 0 Å². The monoisotopic (exact) mass is 303 g/mol. The van der Waals surface area contributed by atoms with Gasteiger partial charge >= 0.3 is 0 Å². The summed E-state index contributed by atoms with van der Waals surface area (Å²) < 4.78 is 23.5. The molecule has 7 heteroatoms. The van der Waals surface area contributed by atoms with Crippen LogP contribution in [0.4, 0.5) is 0 Å². The van der Waals surface area contributed by atoms with Crippen molar-refractivity contribution in [2.75, 3.05) is 38.5 Å². The fourth-order valence-corrected chi connectivity index (χ4v) is 4.64. The van der Waals surface area contributed by atoms with Crippen LogP contribution < -0.4 is 10.6 Å². The SMILES string of the molecule is CC(C)(C(=O)NCC1CCCS1(=O)=O)N1CCNCC1. The Labute approximate surface area is 121 Å². The standard InChI is InChI=1S/C13H25N3O3S/c1-13(2,16-7-5-14-6-8-16)12(17)15-10-11-4-3-9-20(11,18)19/h11,14H,3-10H2,1-2H3,(H,15,17). The zero-order valence-corrected chi connectivity index (χ0v) is 13.1. The Morgan fingerprint density at radius 1 is 1.35 bits per heavy atom. The predicted octanol–water partition coefficient (Wildman–Crippen LogP) is -0.636. The van der Waals surface area contributed by atoms with E-state index in [-0.39, 0.29) is 18.2 Å². The van der Waals surface area contributed by atoms with Crippen molar-refractivity contribution in [1.29, 1.82) is 0 Å². The van der Waals surface area contributed by atoms with E-state index < -0.39 is 20.6 Å². The molecule has 0 aromatic rings. The highest BCUT2D eigenvalue weighted by Gasteiger charge is 2.37. The van der Waals surface area contributed by atoms with Crippen molar-refractivity contribution in [2.24, 2.45) is 0 Å².